The molecule has 0 aliphatic heterocycles. The molecule has 0 fully saturated rings. The molecule has 3 rings (SSSR count). The lowest BCUT2D eigenvalue weighted by Gasteiger charge is -2.31. The molecule has 192 valence electrons. The molecule has 0 unspecified atom stereocenters. The van der Waals surface area contributed by atoms with E-state index < -0.39 is 11.2 Å². The van der Waals surface area contributed by atoms with Gasteiger partial charge in [0.05, 0.1) is 19.2 Å². The summed E-state index contributed by atoms with van der Waals surface area (Å²) in [5.41, 5.74) is 7.04. The number of anilines is 2. The maximum absolute atomic E-state index is 13.7. The second-order valence-electron chi connectivity index (χ2n) is 9.17. The van der Waals surface area contributed by atoms with Crippen molar-refractivity contribution in [3.63, 3.8) is 0 Å². The SMILES string of the molecule is COCCN(C(=O)CN(C)C(c1ccccc1)c1ccccc1)c1c(N)n(CC(C)C)c(=O)[nH]c1=O. The number of methoxy groups -OCH3 is 1. The Balaban J connectivity index is 1.99. The van der Waals surface area contributed by atoms with Gasteiger partial charge in [0.15, 0.2) is 5.69 Å². The minimum Gasteiger partial charge on any atom is -0.383 e. The van der Waals surface area contributed by atoms with Gasteiger partial charge in [0.1, 0.15) is 5.82 Å². The van der Waals surface area contributed by atoms with Crippen molar-refractivity contribution >= 4 is 17.4 Å². The molecule has 2 aromatic carbocycles. The average molecular weight is 494 g/mol. The highest BCUT2D eigenvalue weighted by atomic mass is 16.5. The highest BCUT2D eigenvalue weighted by Crippen LogP contribution is 2.28. The van der Waals surface area contributed by atoms with Crippen molar-refractivity contribution in [1.82, 2.24) is 14.5 Å². The fourth-order valence-corrected chi connectivity index (χ4v) is 4.29. The van der Waals surface area contributed by atoms with Gasteiger partial charge in [0.25, 0.3) is 5.56 Å². The minimum atomic E-state index is -0.702. The number of nitrogens with two attached hydrogens (primary N) is 1. The normalized spacial score (nSPS) is 11.4. The fraction of sp³-hybridized carbons (Fsp3) is 0.370. The summed E-state index contributed by atoms with van der Waals surface area (Å²) in [4.78, 5) is 44.5. The van der Waals surface area contributed by atoms with Crippen LogP contribution < -0.4 is 21.9 Å². The molecule has 1 heterocycles. The van der Waals surface area contributed by atoms with Gasteiger partial charge in [0.2, 0.25) is 5.91 Å². The van der Waals surface area contributed by atoms with Crippen LogP contribution in [-0.4, -0.2) is 54.2 Å². The molecule has 0 aliphatic rings. The number of carbonyl (C=O) groups is 1. The van der Waals surface area contributed by atoms with Crippen LogP contribution in [0.2, 0.25) is 0 Å². The van der Waals surface area contributed by atoms with E-state index in [1.54, 1.807) is 0 Å². The zero-order chi connectivity index (χ0) is 26.2. The molecule has 0 saturated carbocycles. The third-order valence-corrected chi connectivity index (χ3v) is 5.91. The Hall–Kier alpha value is -3.69. The number of hydrogen-bond acceptors (Lipinski definition) is 6. The number of H-pyrrole nitrogens is 1. The van der Waals surface area contributed by atoms with Gasteiger partial charge in [-0.2, -0.15) is 0 Å². The van der Waals surface area contributed by atoms with E-state index in [4.69, 9.17) is 10.5 Å². The number of hydrogen-bond donors (Lipinski definition) is 2. The highest BCUT2D eigenvalue weighted by molar-refractivity contribution is 5.96. The molecule has 0 bridgehead atoms. The van der Waals surface area contributed by atoms with E-state index in [0.29, 0.717) is 6.54 Å². The van der Waals surface area contributed by atoms with Gasteiger partial charge in [-0.1, -0.05) is 74.5 Å². The molecule has 0 radical (unpaired) electrons. The average Bonchev–Trinajstić information content (AvgIpc) is 2.85. The van der Waals surface area contributed by atoms with E-state index >= 15 is 0 Å². The maximum Gasteiger partial charge on any atom is 0.330 e. The Labute approximate surface area is 211 Å². The first-order chi connectivity index (χ1) is 17.2. The number of carbonyl (C=O) groups excluding carboxylic acids is 1. The van der Waals surface area contributed by atoms with E-state index in [9.17, 15) is 14.4 Å². The topological polar surface area (TPSA) is 114 Å². The van der Waals surface area contributed by atoms with Crippen molar-refractivity contribution in [2.24, 2.45) is 5.92 Å². The number of benzene rings is 2. The lowest BCUT2D eigenvalue weighted by atomic mass is 9.97. The van der Waals surface area contributed by atoms with Crippen LogP contribution in [0, 0.1) is 5.92 Å². The van der Waals surface area contributed by atoms with Crippen LogP contribution in [0.3, 0.4) is 0 Å². The molecule has 0 spiro atoms. The summed E-state index contributed by atoms with van der Waals surface area (Å²) in [7, 11) is 3.38. The second kappa shape index (κ2) is 12.3. The summed E-state index contributed by atoms with van der Waals surface area (Å²) in [6.45, 7) is 4.49. The molecule has 3 N–H and O–H groups in total. The molecular formula is C27H35N5O4. The van der Waals surface area contributed by atoms with Crippen molar-refractivity contribution in [2.45, 2.75) is 26.4 Å². The Bertz CT molecular complexity index is 1220. The molecule has 36 heavy (non-hydrogen) atoms. The van der Waals surface area contributed by atoms with Gasteiger partial charge in [0, 0.05) is 20.2 Å². The Kier molecular flexibility index (Phi) is 9.21. The molecule has 0 aliphatic carbocycles. The molecule has 1 aromatic heterocycles. The van der Waals surface area contributed by atoms with Gasteiger partial charge in [-0.25, -0.2) is 4.79 Å². The van der Waals surface area contributed by atoms with Gasteiger partial charge >= 0.3 is 5.69 Å². The third-order valence-electron chi connectivity index (χ3n) is 5.91. The van der Waals surface area contributed by atoms with E-state index in [0.717, 1.165) is 11.1 Å². The fourth-order valence-electron chi connectivity index (χ4n) is 4.29. The molecule has 9 nitrogen and oxygen atoms in total. The monoisotopic (exact) mass is 493 g/mol. The highest BCUT2D eigenvalue weighted by Gasteiger charge is 2.28. The molecule has 1 amide bonds. The number of nitrogen functional groups attached to an aromatic ring is 1. The van der Waals surface area contributed by atoms with Crippen LogP contribution in [0.25, 0.3) is 0 Å². The minimum absolute atomic E-state index is 0.000354. The molecule has 3 aromatic rings. The van der Waals surface area contributed by atoms with E-state index in [1.165, 1.54) is 16.6 Å². The summed E-state index contributed by atoms with van der Waals surface area (Å²) in [6, 6.07) is 19.6. The van der Waals surface area contributed by atoms with Gasteiger partial charge in [-0.05, 0) is 24.1 Å². The van der Waals surface area contributed by atoms with E-state index in [2.05, 4.69) is 4.98 Å². The first-order valence-electron chi connectivity index (χ1n) is 12.0. The molecule has 0 atom stereocenters. The Morgan fingerprint density at radius 3 is 2.08 bits per heavy atom. The number of nitrogens with zero attached hydrogens (tertiary/aromatic N) is 3. The van der Waals surface area contributed by atoms with Crippen LogP contribution in [0.1, 0.15) is 31.0 Å². The maximum atomic E-state index is 13.7. The van der Waals surface area contributed by atoms with E-state index in [-0.39, 0.29) is 49.1 Å². The third kappa shape index (κ3) is 6.30. The second-order valence-corrected chi connectivity index (χ2v) is 9.17. The number of amides is 1. The summed E-state index contributed by atoms with van der Waals surface area (Å²) >= 11 is 0. The zero-order valence-corrected chi connectivity index (χ0v) is 21.3. The lowest BCUT2D eigenvalue weighted by molar-refractivity contribution is -0.120. The van der Waals surface area contributed by atoms with Crippen molar-refractivity contribution < 1.29 is 9.53 Å². The zero-order valence-electron chi connectivity index (χ0n) is 21.3. The number of aromatic nitrogens is 2. The first kappa shape index (κ1) is 26.9. The summed E-state index contributed by atoms with van der Waals surface area (Å²) < 4.78 is 6.50. The van der Waals surface area contributed by atoms with Crippen LogP contribution in [0.4, 0.5) is 11.5 Å². The smallest absolute Gasteiger partial charge is 0.330 e. The number of likely N-dealkylation sites (N-methyl/N-ethyl adjacent to an activating group) is 1. The quantitative estimate of drug-likeness (QED) is 0.424. The van der Waals surface area contributed by atoms with Crippen LogP contribution in [0.15, 0.2) is 70.3 Å². The van der Waals surface area contributed by atoms with Crippen molar-refractivity contribution in [3.05, 3.63) is 92.6 Å². The first-order valence-corrected chi connectivity index (χ1v) is 12.0. The molecule has 9 heteroatoms. The summed E-state index contributed by atoms with van der Waals surface area (Å²) in [5, 5.41) is 0. The van der Waals surface area contributed by atoms with E-state index in [1.807, 2.05) is 86.5 Å². The largest absolute Gasteiger partial charge is 0.383 e. The predicted molar refractivity (Wildman–Crippen MR) is 142 cm³/mol. The number of aromatic amines is 1. The summed E-state index contributed by atoms with van der Waals surface area (Å²) in [5.74, 6) is -0.263. The van der Waals surface area contributed by atoms with Crippen molar-refractivity contribution in [1.29, 1.82) is 0 Å². The summed E-state index contributed by atoms with van der Waals surface area (Å²) in [6.07, 6.45) is 0. The number of nitrogens with one attached hydrogen (secondary N) is 1. The number of rotatable bonds is 11. The van der Waals surface area contributed by atoms with Gasteiger partial charge in [-0.3, -0.25) is 24.0 Å². The van der Waals surface area contributed by atoms with Crippen LogP contribution in [0.5, 0.6) is 0 Å². The van der Waals surface area contributed by atoms with Crippen molar-refractivity contribution in [2.75, 3.05) is 44.5 Å². The Morgan fingerprint density at radius 2 is 1.58 bits per heavy atom. The standard InChI is InChI=1S/C27H35N5O4/c1-19(2)17-32-25(28)24(26(34)29-27(32)35)31(15-16-36-4)22(33)18-30(3)23(20-11-7-5-8-12-20)21-13-9-6-10-14-21/h5-14,19,23H,15-18,28H2,1-4H3,(H,29,34,35). The van der Waals surface area contributed by atoms with Crippen LogP contribution >= 0.6 is 0 Å². The van der Waals surface area contributed by atoms with Crippen LogP contribution in [-0.2, 0) is 16.1 Å². The predicted octanol–water partition coefficient (Wildman–Crippen LogP) is 2.48. The van der Waals surface area contributed by atoms with Crippen molar-refractivity contribution in [3.8, 4) is 0 Å². The number of ether oxygens (including phenoxy) is 1. The molecule has 0 saturated heterocycles. The lowest BCUT2D eigenvalue weighted by Crippen LogP contribution is -2.46. The molecular weight excluding hydrogens is 458 g/mol. The van der Waals surface area contributed by atoms with Gasteiger partial charge < -0.3 is 15.4 Å². The van der Waals surface area contributed by atoms with Gasteiger partial charge in [-0.15, -0.1) is 0 Å². The Morgan fingerprint density at radius 1 is 1.03 bits per heavy atom.